The molecule has 1 atom stereocenters. The number of esters is 1. The van der Waals surface area contributed by atoms with Gasteiger partial charge in [-0.05, 0) is 51.4 Å². The van der Waals surface area contributed by atoms with Gasteiger partial charge in [-0.25, -0.2) is 4.79 Å². The van der Waals surface area contributed by atoms with E-state index < -0.39 is 0 Å². The largest absolute Gasteiger partial charge is 0.463 e. The predicted octanol–water partition coefficient (Wildman–Crippen LogP) is 4.90. The fraction of sp³-hybridized carbons (Fsp3) is 0.706. The van der Waals surface area contributed by atoms with Crippen LogP contribution in [0.4, 0.5) is 0 Å². The Morgan fingerprint density at radius 1 is 1.05 bits per heavy atom. The zero-order valence-corrected chi connectivity index (χ0v) is 13.2. The van der Waals surface area contributed by atoms with Gasteiger partial charge in [0, 0.05) is 6.08 Å². The number of hydrogen-bond donors (Lipinski definition) is 0. The highest BCUT2D eigenvalue weighted by Crippen LogP contribution is 2.20. The molecule has 19 heavy (non-hydrogen) atoms. The summed E-state index contributed by atoms with van der Waals surface area (Å²) < 4.78 is 4.90. The molecule has 0 bridgehead atoms. The molecule has 0 aliphatic heterocycles. The Bertz CT molecular complexity index is 298. The summed E-state index contributed by atoms with van der Waals surface area (Å²) in [6.45, 7) is 11.1. The lowest BCUT2D eigenvalue weighted by Gasteiger charge is -2.13. The highest BCUT2D eigenvalue weighted by Gasteiger charge is 2.06. The Balaban J connectivity index is 4.43. The van der Waals surface area contributed by atoms with Crippen molar-refractivity contribution in [2.75, 3.05) is 6.61 Å². The maximum Gasteiger partial charge on any atom is 0.330 e. The van der Waals surface area contributed by atoms with Gasteiger partial charge in [-0.3, -0.25) is 0 Å². The van der Waals surface area contributed by atoms with Crippen molar-refractivity contribution in [1.29, 1.82) is 0 Å². The maximum absolute atomic E-state index is 11.3. The predicted molar refractivity (Wildman–Crippen MR) is 82.0 cm³/mol. The van der Waals surface area contributed by atoms with Gasteiger partial charge in [0.15, 0.2) is 0 Å². The molecule has 0 unspecified atom stereocenters. The van der Waals surface area contributed by atoms with Gasteiger partial charge in [0.25, 0.3) is 0 Å². The SMILES string of the molecule is CCOC(=O)/C=C/[C@H](CC)C/C(C)=C/C(CC)CC. The minimum Gasteiger partial charge on any atom is -0.463 e. The highest BCUT2D eigenvalue weighted by atomic mass is 16.5. The monoisotopic (exact) mass is 266 g/mol. The lowest BCUT2D eigenvalue weighted by molar-refractivity contribution is -0.137. The van der Waals surface area contributed by atoms with E-state index in [2.05, 4.69) is 33.8 Å². The summed E-state index contributed by atoms with van der Waals surface area (Å²) in [6.07, 6.45) is 10.4. The molecular formula is C17H30O2. The summed E-state index contributed by atoms with van der Waals surface area (Å²) in [7, 11) is 0. The third-order valence-corrected chi connectivity index (χ3v) is 3.47. The third kappa shape index (κ3) is 8.63. The van der Waals surface area contributed by atoms with E-state index in [0.29, 0.717) is 18.4 Å². The first-order valence-corrected chi connectivity index (χ1v) is 7.59. The summed E-state index contributed by atoms with van der Waals surface area (Å²) in [6, 6.07) is 0. The van der Waals surface area contributed by atoms with E-state index >= 15 is 0 Å². The molecule has 110 valence electrons. The van der Waals surface area contributed by atoms with Crippen LogP contribution in [-0.2, 0) is 9.53 Å². The molecular weight excluding hydrogens is 236 g/mol. The second-order valence-electron chi connectivity index (χ2n) is 5.07. The van der Waals surface area contributed by atoms with E-state index in [1.807, 2.05) is 13.0 Å². The first-order chi connectivity index (χ1) is 9.07. The van der Waals surface area contributed by atoms with Gasteiger partial charge in [0.05, 0.1) is 6.61 Å². The van der Waals surface area contributed by atoms with E-state index in [-0.39, 0.29) is 5.97 Å². The van der Waals surface area contributed by atoms with E-state index in [9.17, 15) is 4.79 Å². The summed E-state index contributed by atoms with van der Waals surface area (Å²) >= 11 is 0. The smallest absolute Gasteiger partial charge is 0.330 e. The summed E-state index contributed by atoms with van der Waals surface area (Å²) in [5.41, 5.74) is 1.43. The number of hydrogen-bond acceptors (Lipinski definition) is 2. The molecule has 0 rings (SSSR count). The van der Waals surface area contributed by atoms with Crippen LogP contribution in [0.25, 0.3) is 0 Å². The van der Waals surface area contributed by atoms with Gasteiger partial charge in [-0.1, -0.05) is 38.5 Å². The van der Waals surface area contributed by atoms with E-state index in [4.69, 9.17) is 4.74 Å². The van der Waals surface area contributed by atoms with Gasteiger partial charge in [-0.2, -0.15) is 0 Å². The molecule has 0 heterocycles. The summed E-state index contributed by atoms with van der Waals surface area (Å²) in [5.74, 6) is 0.879. The Labute approximate surface area is 118 Å². The van der Waals surface area contributed by atoms with E-state index in [1.165, 1.54) is 18.4 Å². The number of rotatable bonds is 9. The molecule has 0 aromatic rings. The Morgan fingerprint density at radius 2 is 1.63 bits per heavy atom. The fourth-order valence-electron chi connectivity index (χ4n) is 2.16. The Hall–Kier alpha value is -1.05. The lowest BCUT2D eigenvalue weighted by atomic mass is 9.93. The van der Waals surface area contributed by atoms with Crippen molar-refractivity contribution in [2.24, 2.45) is 11.8 Å². The number of ether oxygens (including phenoxy) is 1. The zero-order valence-electron chi connectivity index (χ0n) is 13.2. The van der Waals surface area contributed by atoms with Crippen LogP contribution in [0.3, 0.4) is 0 Å². The molecule has 0 aliphatic rings. The highest BCUT2D eigenvalue weighted by molar-refractivity contribution is 5.81. The minimum atomic E-state index is -0.234. The molecule has 0 aromatic heterocycles. The molecule has 0 radical (unpaired) electrons. The lowest BCUT2D eigenvalue weighted by Crippen LogP contribution is -2.02. The summed E-state index contributed by atoms with van der Waals surface area (Å²) in [5, 5.41) is 0. The molecule has 0 aliphatic carbocycles. The molecule has 0 fully saturated rings. The first kappa shape index (κ1) is 17.9. The summed E-state index contributed by atoms with van der Waals surface area (Å²) in [4.78, 5) is 11.3. The molecule has 0 saturated heterocycles. The van der Waals surface area contributed by atoms with Crippen molar-refractivity contribution in [3.63, 3.8) is 0 Å². The maximum atomic E-state index is 11.3. The van der Waals surface area contributed by atoms with Crippen LogP contribution in [0, 0.1) is 11.8 Å². The second-order valence-corrected chi connectivity index (χ2v) is 5.07. The molecule has 0 N–H and O–H groups in total. The Morgan fingerprint density at radius 3 is 2.11 bits per heavy atom. The van der Waals surface area contributed by atoms with Crippen LogP contribution < -0.4 is 0 Å². The Kier molecular flexibility index (Phi) is 10.2. The van der Waals surface area contributed by atoms with Crippen molar-refractivity contribution in [2.45, 2.75) is 60.3 Å². The molecule has 2 nitrogen and oxygen atoms in total. The number of carbonyl (C=O) groups is 1. The second kappa shape index (κ2) is 10.8. The van der Waals surface area contributed by atoms with Crippen LogP contribution >= 0.6 is 0 Å². The number of carbonyl (C=O) groups excluding carboxylic acids is 1. The zero-order chi connectivity index (χ0) is 14.7. The van der Waals surface area contributed by atoms with Crippen LogP contribution in [0.5, 0.6) is 0 Å². The number of allylic oxidation sites excluding steroid dienone is 3. The average molecular weight is 266 g/mol. The average Bonchev–Trinajstić information content (AvgIpc) is 2.41. The van der Waals surface area contributed by atoms with Crippen molar-refractivity contribution in [1.82, 2.24) is 0 Å². The molecule has 0 saturated carbocycles. The minimum absolute atomic E-state index is 0.234. The molecule has 2 heteroatoms. The topological polar surface area (TPSA) is 26.3 Å². The molecule has 0 spiro atoms. The quantitative estimate of drug-likeness (QED) is 0.337. The van der Waals surface area contributed by atoms with E-state index in [0.717, 1.165) is 12.8 Å². The molecule has 0 amide bonds. The van der Waals surface area contributed by atoms with Crippen molar-refractivity contribution in [3.05, 3.63) is 23.8 Å². The van der Waals surface area contributed by atoms with Crippen molar-refractivity contribution < 1.29 is 9.53 Å². The molecule has 0 aromatic carbocycles. The normalized spacial score (nSPS) is 14.1. The first-order valence-electron chi connectivity index (χ1n) is 7.59. The van der Waals surface area contributed by atoms with Crippen molar-refractivity contribution in [3.8, 4) is 0 Å². The van der Waals surface area contributed by atoms with Crippen LogP contribution in [0.2, 0.25) is 0 Å². The van der Waals surface area contributed by atoms with Gasteiger partial charge >= 0.3 is 5.97 Å². The van der Waals surface area contributed by atoms with E-state index in [1.54, 1.807) is 6.08 Å². The van der Waals surface area contributed by atoms with Gasteiger partial charge in [0.2, 0.25) is 0 Å². The van der Waals surface area contributed by atoms with Gasteiger partial charge in [0.1, 0.15) is 0 Å². The van der Waals surface area contributed by atoms with Crippen LogP contribution in [-0.4, -0.2) is 12.6 Å². The standard InChI is InChI=1S/C17H30O2/c1-6-15(7-2)12-14(5)13-16(8-3)10-11-17(18)19-9-4/h10-12,15-16H,6-9,13H2,1-5H3/b11-10+,14-12+/t16-/m0/s1. The van der Waals surface area contributed by atoms with Crippen LogP contribution in [0.1, 0.15) is 60.3 Å². The fourth-order valence-corrected chi connectivity index (χ4v) is 2.16. The van der Waals surface area contributed by atoms with Crippen LogP contribution in [0.15, 0.2) is 23.8 Å². The third-order valence-electron chi connectivity index (χ3n) is 3.47. The van der Waals surface area contributed by atoms with Gasteiger partial charge in [-0.15, -0.1) is 0 Å². The van der Waals surface area contributed by atoms with Gasteiger partial charge < -0.3 is 4.74 Å². The van der Waals surface area contributed by atoms with Crippen molar-refractivity contribution >= 4 is 5.97 Å².